The monoisotopic (exact) mass is 326 g/mol. The van der Waals surface area contributed by atoms with Gasteiger partial charge in [-0.3, -0.25) is 0 Å². The first-order chi connectivity index (χ1) is 11.8. The molecule has 1 saturated heterocycles. The second-order valence-electron chi connectivity index (χ2n) is 5.78. The first-order valence-electron chi connectivity index (χ1n) is 7.99. The Hall–Kier alpha value is -2.67. The molecule has 1 atom stereocenters. The third kappa shape index (κ3) is 3.03. The van der Waals surface area contributed by atoms with Gasteiger partial charge in [0, 0.05) is 25.4 Å². The van der Waals surface area contributed by atoms with E-state index in [0.717, 1.165) is 30.7 Å². The lowest BCUT2D eigenvalue weighted by Crippen LogP contribution is -2.19. The van der Waals surface area contributed by atoms with E-state index in [0.29, 0.717) is 29.7 Å². The Balaban J connectivity index is 1.64. The zero-order valence-electron chi connectivity index (χ0n) is 13.4. The molecule has 7 nitrogen and oxygen atoms in total. The smallest absolute Gasteiger partial charge is 0.223 e. The van der Waals surface area contributed by atoms with Crippen molar-refractivity contribution in [2.45, 2.75) is 25.9 Å². The van der Waals surface area contributed by atoms with E-state index in [4.69, 9.17) is 13.7 Å². The minimum absolute atomic E-state index is 0.220. The summed E-state index contributed by atoms with van der Waals surface area (Å²) in [6.07, 6.45) is 5.73. The predicted octanol–water partition coefficient (Wildman–Crippen LogP) is 3.29. The molecule has 0 bridgehead atoms. The number of hydrogen-bond acceptors (Lipinski definition) is 7. The van der Waals surface area contributed by atoms with Gasteiger partial charge in [-0.25, -0.2) is 9.97 Å². The first-order valence-corrected chi connectivity index (χ1v) is 7.99. The lowest BCUT2D eigenvalue weighted by atomic mass is 10.1. The molecule has 0 aliphatic carbocycles. The fourth-order valence-electron chi connectivity index (χ4n) is 2.75. The Morgan fingerprint density at radius 1 is 1.33 bits per heavy atom. The highest BCUT2D eigenvalue weighted by Crippen LogP contribution is 2.31. The predicted molar refractivity (Wildman–Crippen MR) is 87.4 cm³/mol. The lowest BCUT2D eigenvalue weighted by Gasteiger charge is -2.12. The summed E-state index contributed by atoms with van der Waals surface area (Å²) in [6.45, 7) is 3.39. The summed E-state index contributed by atoms with van der Waals surface area (Å²) in [5.41, 5.74) is 2.21. The Labute approximate surface area is 139 Å². The maximum Gasteiger partial charge on any atom is 0.223 e. The quantitative estimate of drug-likeness (QED) is 0.770. The Bertz CT molecular complexity index is 807. The van der Waals surface area contributed by atoms with Crippen molar-refractivity contribution in [1.29, 1.82) is 0 Å². The van der Waals surface area contributed by atoms with Crippen LogP contribution in [0.4, 0.5) is 5.95 Å². The maximum atomic E-state index is 5.61. The van der Waals surface area contributed by atoms with Crippen LogP contribution >= 0.6 is 0 Å². The minimum Gasteiger partial charge on any atom is -0.463 e. The summed E-state index contributed by atoms with van der Waals surface area (Å²) in [6, 6.07) is 5.54. The molecule has 1 aliphatic rings. The van der Waals surface area contributed by atoms with Crippen molar-refractivity contribution in [3.8, 4) is 22.8 Å². The van der Waals surface area contributed by atoms with E-state index in [9.17, 15) is 0 Å². The molecule has 0 spiro atoms. The van der Waals surface area contributed by atoms with Crippen molar-refractivity contribution in [1.82, 2.24) is 15.1 Å². The second-order valence-corrected chi connectivity index (χ2v) is 5.78. The molecule has 3 aromatic rings. The van der Waals surface area contributed by atoms with Gasteiger partial charge in [0.25, 0.3) is 0 Å². The molecule has 4 heterocycles. The summed E-state index contributed by atoms with van der Waals surface area (Å²) < 4.78 is 16.5. The highest BCUT2D eigenvalue weighted by molar-refractivity contribution is 5.75. The third-order valence-corrected chi connectivity index (χ3v) is 3.95. The summed E-state index contributed by atoms with van der Waals surface area (Å²) in [4.78, 5) is 8.99. The fourth-order valence-corrected chi connectivity index (χ4v) is 2.75. The molecule has 24 heavy (non-hydrogen) atoms. The van der Waals surface area contributed by atoms with Crippen molar-refractivity contribution in [3.05, 3.63) is 36.4 Å². The van der Waals surface area contributed by atoms with Gasteiger partial charge in [-0.2, -0.15) is 0 Å². The molecule has 4 rings (SSSR count). The van der Waals surface area contributed by atoms with Crippen LogP contribution in [0.1, 0.15) is 18.5 Å². The van der Waals surface area contributed by atoms with Crippen LogP contribution in [0.25, 0.3) is 22.8 Å². The Morgan fingerprint density at radius 2 is 2.29 bits per heavy atom. The van der Waals surface area contributed by atoms with Gasteiger partial charge in [0.05, 0.1) is 23.6 Å². The number of ether oxygens (including phenoxy) is 1. The highest BCUT2D eigenvalue weighted by atomic mass is 16.5. The van der Waals surface area contributed by atoms with E-state index >= 15 is 0 Å². The summed E-state index contributed by atoms with van der Waals surface area (Å²) in [5, 5.41) is 7.17. The van der Waals surface area contributed by atoms with Crippen molar-refractivity contribution in [2.24, 2.45) is 0 Å². The minimum atomic E-state index is 0.220. The van der Waals surface area contributed by atoms with E-state index in [1.807, 2.05) is 25.1 Å². The molecular weight excluding hydrogens is 308 g/mol. The molecule has 0 radical (unpaired) electrons. The van der Waals surface area contributed by atoms with Gasteiger partial charge in [0.1, 0.15) is 5.69 Å². The van der Waals surface area contributed by atoms with Crippen molar-refractivity contribution < 1.29 is 13.7 Å². The van der Waals surface area contributed by atoms with Crippen molar-refractivity contribution in [3.63, 3.8) is 0 Å². The zero-order chi connectivity index (χ0) is 16.4. The van der Waals surface area contributed by atoms with E-state index in [1.54, 1.807) is 12.5 Å². The summed E-state index contributed by atoms with van der Waals surface area (Å²) in [7, 11) is 0. The SMILES string of the molecule is Cc1cc(-c2cnc(NC[C@@H]3CCCO3)nc2-c2ccco2)on1. The summed E-state index contributed by atoms with van der Waals surface area (Å²) in [5.74, 6) is 1.81. The standard InChI is InChI=1S/C17H18N4O3/c1-11-8-15(24-21-11)13-10-19-17(18-9-12-4-2-6-22-12)20-16(13)14-5-3-7-23-14/h3,5,7-8,10,12H,2,4,6,9H2,1H3,(H,18,19,20)/t12-/m0/s1. The molecular formula is C17H18N4O3. The van der Waals surface area contributed by atoms with Gasteiger partial charge < -0.3 is 19.0 Å². The van der Waals surface area contributed by atoms with Crippen LogP contribution in [0.2, 0.25) is 0 Å². The molecule has 124 valence electrons. The van der Waals surface area contributed by atoms with Crippen LogP contribution < -0.4 is 5.32 Å². The second kappa shape index (κ2) is 6.45. The largest absolute Gasteiger partial charge is 0.463 e. The van der Waals surface area contributed by atoms with E-state index < -0.39 is 0 Å². The molecule has 0 saturated carbocycles. The van der Waals surface area contributed by atoms with Gasteiger partial charge >= 0.3 is 0 Å². The number of aryl methyl sites for hydroxylation is 1. The molecule has 3 aromatic heterocycles. The van der Waals surface area contributed by atoms with Crippen LogP contribution in [0.15, 0.2) is 39.6 Å². The first kappa shape index (κ1) is 14.9. The maximum absolute atomic E-state index is 5.61. The number of rotatable bonds is 5. The zero-order valence-corrected chi connectivity index (χ0v) is 13.4. The van der Waals surface area contributed by atoms with Gasteiger partial charge in [-0.15, -0.1) is 0 Å². The molecule has 1 N–H and O–H groups in total. The average Bonchev–Trinajstić information content (AvgIpc) is 3.35. The van der Waals surface area contributed by atoms with Crippen LogP contribution in [-0.2, 0) is 4.74 Å². The Morgan fingerprint density at radius 3 is 3.00 bits per heavy atom. The van der Waals surface area contributed by atoms with Crippen LogP contribution in [0.3, 0.4) is 0 Å². The van der Waals surface area contributed by atoms with Crippen LogP contribution in [-0.4, -0.2) is 34.4 Å². The van der Waals surface area contributed by atoms with Gasteiger partial charge in [-0.05, 0) is 31.9 Å². The summed E-state index contributed by atoms with van der Waals surface area (Å²) >= 11 is 0. The van der Waals surface area contributed by atoms with Crippen LogP contribution in [0.5, 0.6) is 0 Å². The van der Waals surface area contributed by atoms with Crippen molar-refractivity contribution in [2.75, 3.05) is 18.5 Å². The van der Waals surface area contributed by atoms with E-state index in [-0.39, 0.29) is 6.10 Å². The number of nitrogens with one attached hydrogen (secondary N) is 1. The average molecular weight is 326 g/mol. The van der Waals surface area contributed by atoms with E-state index in [1.165, 1.54) is 0 Å². The molecule has 7 heteroatoms. The molecule has 1 fully saturated rings. The third-order valence-electron chi connectivity index (χ3n) is 3.95. The van der Waals surface area contributed by atoms with E-state index in [2.05, 4.69) is 20.4 Å². The number of hydrogen-bond donors (Lipinski definition) is 1. The molecule has 1 aliphatic heterocycles. The van der Waals surface area contributed by atoms with Gasteiger partial charge in [0.15, 0.2) is 11.5 Å². The Kier molecular flexibility index (Phi) is 4.00. The van der Waals surface area contributed by atoms with Crippen LogP contribution in [0, 0.1) is 6.92 Å². The topological polar surface area (TPSA) is 86.2 Å². The number of nitrogens with zero attached hydrogens (tertiary/aromatic N) is 3. The van der Waals surface area contributed by atoms with Crippen molar-refractivity contribution >= 4 is 5.95 Å². The number of furan rings is 1. The van der Waals surface area contributed by atoms with Gasteiger partial charge in [0.2, 0.25) is 5.95 Å². The molecule has 0 amide bonds. The molecule has 0 aromatic carbocycles. The number of anilines is 1. The molecule has 0 unspecified atom stereocenters. The highest BCUT2D eigenvalue weighted by Gasteiger charge is 2.19. The lowest BCUT2D eigenvalue weighted by molar-refractivity contribution is 0.120. The fraction of sp³-hybridized carbons (Fsp3) is 0.353. The van der Waals surface area contributed by atoms with Gasteiger partial charge in [-0.1, -0.05) is 5.16 Å². The number of aromatic nitrogens is 3. The normalized spacial score (nSPS) is 17.3.